The molecule has 0 amide bonds. The Hall–Kier alpha value is -1.46. The number of likely N-dealkylation sites (N-methyl/N-ethyl adjacent to an activating group) is 1. The Morgan fingerprint density at radius 3 is 2.05 bits per heavy atom. The van der Waals surface area contributed by atoms with Gasteiger partial charge in [0.25, 0.3) is 0 Å². The van der Waals surface area contributed by atoms with Crippen LogP contribution in [0.5, 0.6) is 17.2 Å². The van der Waals surface area contributed by atoms with Crippen LogP contribution in [0.3, 0.4) is 0 Å². The molecule has 5 heteroatoms. The Balaban J connectivity index is 2.90. The van der Waals surface area contributed by atoms with Gasteiger partial charge in [0.05, 0.1) is 21.3 Å². The summed E-state index contributed by atoms with van der Waals surface area (Å²) in [5.41, 5.74) is 1.06. The number of methoxy groups -OCH3 is 3. The first kappa shape index (κ1) is 15.6. The summed E-state index contributed by atoms with van der Waals surface area (Å²) in [7, 11) is 8.96. The Bertz CT molecular complexity index is 371. The molecule has 0 bridgehead atoms. The molecule has 0 saturated heterocycles. The summed E-state index contributed by atoms with van der Waals surface area (Å²) in [5.74, 6) is 2.34. The van der Waals surface area contributed by atoms with E-state index in [-0.39, 0.29) is 0 Å². The van der Waals surface area contributed by atoms with Crippen molar-refractivity contribution in [2.75, 3.05) is 48.6 Å². The van der Waals surface area contributed by atoms with Crippen LogP contribution in [-0.2, 0) is 6.42 Å². The van der Waals surface area contributed by atoms with Crippen LogP contribution >= 0.6 is 0 Å². The summed E-state index contributed by atoms with van der Waals surface area (Å²) < 4.78 is 16.1. The molecule has 0 aliphatic heterocycles. The first-order valence-electron chi connectivity index (χ1n) is 6.28. The maximum absolute atomic E-state index is 5.43. The van der Waals surface area contributed by atoms with Gasteiger partial charge in [-0.25, -0.2) is 0 Å². The fraction of sp³-hybridized carbons (Fsp3) is 0.571. The third-order valence-electron chi connectivity index (χ3n) is 2.99. The topological polar surface area (TPSA) is 43.0 Å². The molecule has 108 valence electrons. The lowest BCUT2D eigenvalue weighted by atomic mass is 10.1. The number of rotatable bonds is 8. The van der Waals surface area contributed by atoms with Crippen molar-refractivity contribution in [3.63, 3.8) is 0 Å². The van der Waals surface area contributed by atoms with Crippen molar-refractivity contribution in [2.45, 2.75) is 6.42 Å². The smallest absolute Gasteiger partial charge is 0.129 e. The van der Waals surface area contributed by atoms with E-state index in [4.69, 9.17) is 14.2 Å². The van der Waals surface area contributed by atoms with Gasteiger partial charge in [-0.05, 0) is 20.5 Å². The SMILES string of the molecule is CNCN(C)CCc1c(OC)cc(OC)cc1OC. The minimum atomic E-state index is 0.737. The molecular formula is C14H24N2O3. The van der Waals surface area contributed by atoms with Crippen molar-refractivity contribution in [1.29, 1.82) is 0 Å². The molecule has 0 aliphatic carbocycles. The third kappa shape index (κ3) is 4.29. The molecule has 0 aliphatic rings. The molecule has 1 aromatic rings. The van der Waals surface area contributed by atoms with Crippen LogP contribution in [0, 0.1) is 0 Å². The highest BCUT2D eigenvalue weighted by Crippen LogP contribution is 2.34. The molecule has 0 spiro atoms. The molecule has 0 atom stereocenters. The number of ether oxygens (including phenoxy) is 3. The molecule has 0 fully saturated rings. The van der Waals surface area contributed by atoms with Crippen molar-refractivity contribution in [3.05, 3.63) is 17.7 Å². The highest BCUT2D eigenvalue weighted by atomic mass is 16.5. The van der Waals surface area contributed by atoms with Crippen molar-refractivity contribution < 1.29 is 14.2 Å². The number of hydrogen-bond donors (Lipinski definition) is 1. The van der Waals surface area contributed by atoms with Crippen molar-refractivity contribution >= 4 is 0 Å². The molecule has 0 unspecified atom stereocenters. The largest absolute Gasteiger partial charge is 0.496 e. The molecular weight excluding hydrogens is 244 g/mol. The van der Waals surface area contributed by atoms with E-state index in [9.17, 15) is 0 Å². The van der Waals surface area contributed by atoms with Gasteiger partial charge in [0.15, 0.2) is 0 Å². The summed E-state index contributed by atoms with van der Waals surface area (Å²) in [5, 5.41) is 3.12. The third-order valence-corrected chi connectivity index (χ3v) is 2.99. The lowest BCUT2D eigenvalue weighted by Crippen LogP contribution is -2.30. The van der Waals surface area contributed by atoms with E-state index in [1.807, 2.05) is 19.2 Å². The maximum Gasteiger partial charge on any atom is 0.129 e. The molecule has 0 aromatic heterocycles. The average molecular weight is 268 g/mol. The predicted octanol–water partition coefficient (Wildman–Crippen LogP) is 1.36. The summed E-state index contributed by atoms with van der Waals surface area (Å²) in [6.45, 7) is 1.76. The van der Waals surface area contributed by atoms with Gasteiger partial charge >= 0.3 is 0 Å². The van der Waals surface area contributed by atoms with Crippen molar-refractivity contribution in [3.8, 4) is 17.2 Å². The van der Waals surface area contributed by atoms with Crippen LogP contribution in [0.1, 0.15) is 5.56 Å². The van der Waals surface area contributed by atoms with E-state index in [1.165, 1.54) is 0 Å². The summed E-state index contributed by atoms with van der Waals surface area (Å²) in [6, 6.07) is 3.77. The van der Waals surface area contributed by atoms with E-state index in [0.717, 1.165) is 42.4 Å². The second kappa shape index (κ2) is 7.86. The van der Waals surface area contributed by atoms with Crippen LogP contribution in [0.25, 0.3) is 0 Å². The second-order valence-electron chi connectivity index (χ2n) is 4.35. The van der Waals surface area contributed by atoms with E-state index in [1.54, 1.807) is 21.3 Å². The molecule has 1 rings (SSSR count). The number of nitrogens with zero attached hydrogens (tertiary/aromatic N) is 1. The Morgan fingerprint density at radius 2 is 1.63 bits per heavy atom. The monoisotopic (exact) mass is 268 g/mol. The molecule has 19 heavy (non-hydrogen) atoms. The predicted molar refractivity (Wildman–Crippen MR) is 76.4 cm³/mol. The Morgan fingerprint density at radius 1 is 1.05 bits per heavy atom. The van der Waals surface area contributed by atoms with Gasteiger partial charge in [0.2, 0.25) is 0 Å². The number of hydrogen-bond acceptors (Lipinski definition) is 5. The van der Waals surface area contributed by atoms with Gasteiger partial charge < -0.3 is 19.5 Å². The quantitative estimate of drug-likeness (QED) is 0.721. The zero-order valence-corrected chi connectivity index (χ0v) is 12.4. The zero-order valence-electron chi connectivity index (χ0n) is 12.4. The van der Waals surface area contributed by atoms with Gasteiger partial charge in [-0.15, -0.1) is 0 Å². The van der Waals surface area contributed by atoms with Crippen LogP contribution in [0.15, 0.2) is 12.1 Å². The summed E-state index contributed by atoms with van der Waals surface area (Å²) in [6.07, 6.45) is 0.856. The zero-order chi connectivity index (χ0) is 14.3. The van der Waals surface area contributed by atoms with Crippen LogP contribution in [0.2, 0.25) is 0 Å². The minimum absolute atomic E-state index is 0.737. The van der Waals surface area contributed by atoms with Gasteiger partial charge in [0.1, 0.15) is 17.2 Å². The summed E-state index contributed by atoms with van der Waals surface area (Å²) >= 11 is 0. The van der Waals surface area contributed by atoms with Crippen molar-refractivity contribution in [1.82, 2.24) is 10.2 Å². The standard InChI is InChI=1S/C14H24N2O3/c1-15-10-16(2)7-6-12-13(18-4)8-11(17-3)9-14(12)19-5/h8-9,15H,6-7,10H2,1-5H3. The van der Waals surface area contributed by atoms with Gasteiger partial charge in [-0.3, -0.25) is 4.90 Å². The number of nitrogens with one attached hydrogen (secondary N) is 1. The first-order valence-corrected chi connectivity index (χ1v) is 6.28. The lowest BCUT2D eigenvalue weighted by molar-refractivity contribution is 0.314. The van der Waals surface area contributed by atoms with Gasteiger partial charge in [-0.1, -0.05) is 0 Å². The Labute approximate surface area is 115 Å². The van der Waals surface area contributed by atoms with E-state index < -0.39 is 0 Å². The normalized spacial score (nSPS) is 10.6. The molecule has 0 heterocycles. The van der Waals surface area contributed by atoms with Crippen LogP contribution in [0.4, 0.5) is 0 Å². The fourth-order valence-electron chi connectivity index (χ4n) is 1.98. The lowest BCUT2D eigenvalue weighted by Gasteiger charge is -2.19. The van der Waals surface area contributed by atoms with Gasteiger partial charge in [-0.2, -0.15) is 0 Å². The maximum atomic E-state index is 5.43. The van der Waals surface area contributed by atoms with E-state index in [2.05, 4.69) is 17.3 Å². The first-order chi connectivity index (χ1) is 9.15. The highest BCUT2D eigenvalue weighted by Gasteiger charge is 2.13. The summed E-state index contributed by atoms with van der Waals surface area (Å²) in [4.78, 5) is 2.20. The van der Waals surface area contributed by atoms with Crippen LogP contribution < -0.4 is 19.5 Å². The van der Waals surface area contributed by atoms with E-state index in [0.29, 0.717) is 0 Å². The average Bonchev–Trinajstić information content (AvgIpc) is 2.44. The molecule has 0 radical (unpaired) electrons. The van der Waals surface area contributed by atoms with Crippen LogP contribution in [-0.4, -0.2) is 53.5 Å². The highest BCUT2D eigenvalue weighted by molar-refractivity contribution is 5.50. The van der Waals surface area contributed by atoms with E-state index >= 15 is 0 Å². The number of benzene rings is 1. The molecule has 1 aromatic carbocycles. The van der Waals surface area contributed by atoms with Crippen molar-refractivity contribution in [2.24, 2.45) is 0 Å². The second-order valence-corrected chi connectivity index (χ2v) is 4.35. The van der Waals surface area contributed by atoms with Gasteiger partial charge in [0, 0.05) is 30.9 Å². The molecule has 0 saturated carbocycles. The Kier molecular flexibility index (Phi) is 6.45. The minimum Gasteiger partial charge on any atom is -0.496 e. The fourth-order valence-corrected chi connectivity index (χ4v) is 1.98. The molecule has 5 nitrogen and oxygen atoms in total. The molecule has 1 N–H and O–H groups in total.